The molecule has 1 aliphatic rings. The van der Waals surface area contributed by atoms with Crippen molar-refractivity contribution in [3.63, 3.8) is 0 Å². The number of nitrogens with one attached hydrogen (secondary N) is 1. The maximum atomic E-state index is 12.6. The summed E-state index contributed by atoms with van der Waals surface area (Å²) < 4.78 is 39.0. The van der Waals surface area contributed by atoms with Crippen LogP contribution >= 0.6 is 0 Å². The minimum atomic E-state index is -4.53. The smallest absolute Gasteiger partial charge is 0.347 e. The number of aryl methyl sites for hydroxylation is 2. The Bertz CT molecular complexity index is 786. The van der Waals surface area contributed by atoms with Crippen LogP contribution in [0, 0.1) is 6.92 Å². The predicted molar refractivity (Wildman–Crippen MR) is 82.5 cm³/mol. The molecule has 0 bridgehead atoms. The molecule has 2 aromatic rings. The van der Waals surface area contributed by atoms with E-state index in [0.29, 0.717) is 5.82 Å². The van der Waals surface area contributed by atoms with Gasteiger partial charge >= 0.3 is 6.18 Å². The van der Waals surface area contributed by atoms with E-state index in [9.17, 15) is 18.0 Å². The molecule has 0 aromatic carbocycles. The average Bonchev–Trinajstić information content (AvgIpc) is 3.04. The van der Waals surface area contributed by atoms with Crippen LogP contribution in [0.1, 0.15) is 54.6 Å². The van der Waals surface area contributed by atoms with Crippen molar-refractivity contribution in [1.29, 1.82) is 0 Å². The summed E-state index contributed by atoms with van der Waals surface area (Å²) in [5.74, 6) is 0.283. The zero-order valence-corrected chi connectivity index (χ0v) is 13.8. The molecule has 1 N–H and O–H groups in total. The van der Waals surface area contributed by atoms with Crippen molar-refractivity contribution in [2.24, 2.45) is 0 Å². The zero-order valence-electron chi connectivity index (χ0n) is 13.8. The van der Waals surface area contributed by atoms with E-state index in [0.717, 1.165) is 47.5 Å². The second-order valence-corrected chi connectivity index (χ2v) is 6.13. The van der Waals surface area contributed by atoms with Gasteiger partial charge in [0, 0.05) is 23.7 Å². The van der Waals surface area contributed by atoms with Gasteiger partial charge < -0.3 is 5.32 Å². The van der Waals surface area contributed by atoms with E-state index in [1.165, 1.54) is 6.92 Å². The van der Waals surface area contributed by atoms with Crippen LogP contribution in [0.2, 0.25) is 0 Å². The first-order valence-corrected chi connectivity index (χ1v) is 8.01. The molecule has 2 heterocycles. The van der Waals surface area contributed by atoms with Crippen LogP contribution in [-0.2, 0) is 17.4 Å². The standard InChI is InChI=1S/C16H18F3N5O/c1-9(24-7-6-14(23-24)16(17,18)19)15(25)22-13-5-3-4-12-11(13)8-20-10(2)21-12/h6-9,13H,3-5H2,1-2H3,(H,22,25). The molecule has 3 rings (SSSR count). The second-order valence-electron chi connectivity index (χ2n) is 6.13. The number of amides is 1. The number of carbonyl (C=O) groups excluding carboxylic acids is 1. The summed E-state index contributed by atoms with van der Waals surface area (Å²) in [4.78, 5) is 21.0. The molecule has 0 spiro atoms. The van der Waals surface area contributed by atoms with Crippen LogP contribution < -0.4 is 5.32 Å². The second kappa shape index (κ2) is 6.45. The Morgan fingerprint density at radius 3 is 2.88 bits per heavy atom. The lowest BCUT2D eigenvalue weighted by Gasteiger charge is -2.26. The molecule has 6 nitrogen and oxygen atoms in total. The number of hydrogen-bond acceptors (Lipinski definition) is 4. The third-order valence-electron chi connectivity index (χ3n) is 4.29. The highest BCUT2D eigenvalue weighted by molar-refractivity contribution is 5.80. The van der Waals surface area contributed by atoms with Crippen molar-refractivity contribution < 1.29 is 18.0 Å². The first-order valence-electron chi connectivity index (χ1n) is 8.01. The number of alkyl halides is 3. The molecule has 0 aliphatic heterocycles. The largest absolute Gasteiger partial charge is 0.435 e. The Kier molecular flexibility index (Phi) is 4.49. The lowest BCUT2D eigenvalue weighted by molar-refractivity contribution is -0.142. The van der Waals surface area contributed by atoms with Crippen molar-refractivity contribution in [1.82, 2.24) is 25.1 Å². The Morgan fingerprint density at radius 2 is 2.20 bits per heavy atom. The maximum Gasteiger partial charge on any atom is 0.435 e. The highest BCUT2D eigenvalue weighted by atomic mass is 19.4. The Balaban J connectivity index is 1.74. The van der Waals surface area contributed by atoms with Gasteiger partial charge in [-0.15, -0.1) is 0 Å². The van der Waals surface area contributed by atoms with Gasteiger partial charge in [-0.1, -0.05) is 0 Å². The summed E-state index contributed by atoms with van der Waals surface area (Å²) in [6.07, 6.45) is 0.789. The molecule has 0 radical (unpaired) electrons. The van der Waals surface area contributed by atoms with Crippen molar-refractivity contribution in [2.75, 3.05) is 0 Å². The first-order chi connectivity index (χ1) is 11.8. The number of halogens is 3. The molecule has 0 fully saturated rings. The van der Waals surface area contributed by atoms with Crippen molar-refractivity contribution in [2.45, 2.75) is 51.4 Å². The number of hydrogen-bond donors (Lipinski definition) is 1. The fraction of sp³-hybridized carbons (Fsp3) is 0.500. The quantitative estimate of drug-likeness (QED) is 0.921. The van der Waals surface area contributed by atoms with Crippen LogP contribution in [0.4, 0.5) is 13.2 Å². The molecule has 2 atom stereocenters. The SMILES string of the molecule is Cc1ncc2c(n1)CCCC2NC(=O)C(C)n1ccc(C(F)(F)F)n1. The van der Waals surface area contributed by atoms with Gasteiger partial charge in [0.1, 0.15) is 11.9 Å². The highest BCUT2D eigenvalue weighted by Gasteiger charge is 2.34. The molecular weight excluding hydrogens is 335 g/mol. The molecule has 0 saturated heterocycles. The van der Waals surface area contributed by atoms with E-state index in [1.807, 2.05) is 0 Å². The summed E-state index contributed by atoms with van der Waals surface area (Å²) in [6.45, 7) is 3.32. The monoisotopic (exact) mass is 353 g/mol. The molecule has 2 unspecified atom stereocenters. The van der Waals surface area contributed by atoms with Crippen LogP contribution in [0.15, 0.2) is 18.5 Å². The molecule has 25 heavy (non-hydrogen) atoms. The lowest BCUT2D eigenvalue weighted by Crippen LogP contribution is -2.36. The van der Waals surface area contributed by atoms with Crippen LogP contribution in [0.25, 0.3) is 0 Å². The van der Waals surface area contributed by atoms with Gasteiger partial charge in [0.15, 0.2) is 5.69 Å². The fourth-order valence-corrected chi connectivity index (χ4v) is 2.91. The number of aromatic nitrogens is 4. The Morgan fingerprint density at radius 1 is 1.44 bits per heavy atom. The van der Waals surface area contributed by atoms with Gasteiger partial charge in [0.2, 0.25) is 5.91 Å². The van der Waals surface area contributed by atoms with Crippen LogP contribution in [-0.4, -0.2) is 25.7 Å². The molecule has 2 aromatic heterocycles. The van der Waals surface area contributed by atoms with Gasteiger partial charge in [0.05, 0.1) is 6.04 Å². The molecule has 134 valence electrons. The first kappa shape index (κ1) is 17.4. The summed E-state index contributed by atoms with van der Waals surface area (Å²) in [7, 11) is 0. The highest BCUT2D eigenvalue weighted by Crippen LogP contribution is 2.29. The van der Waals surface area contributed by atoms with E-state index in [2.05, 4.69) is 20.4 Å². The summed E-state index contributed by atoms with van der Waals surface area (Å²) in [5.41, 5.74) is 0.767. The minimum absolute atomic E-state index is 0.239. The lowest BCUT2D eigenvalue weighted by atomic mass is 9.92. The van der Waals surface area contributed by atoms with Gasteiger partial charge in [-0.05, 0) is 39.2 Å². The van der Waals surface area contributed by atoms with E-state index < -0.39 is 23.8 Å². The number of carbonyl (C=O) groups is 1. The summed E-state index contributed by atoms with van der Waals surface area (Å²) in [5, 5.41) is 6.34. The van der Waals surface area contributed by atoms with Crippen molar-refractivity contribution in [3.05, 3.63) is 41.2 Å². The predicted octanol–water partition coefficient (Wildman–Crippen LogP) is 2.76. The van der Waals surface area contributed by atoms with Gasteiger partial charge in [-0.25, -0.2) is 9.97 Å². The van der Waals surface area contributed by atoms with Crippen molar-refractivity contribution >= 4 is 5.91 Å². The topological polar surface area (TPSA) is 72.7 Å². The van der Waals surface area contributed by atoms with Crippen molar-refractivity contribution in [3.8, 4) is 0 Å². The summed E-state index contributed by atoms with van der Waals surface area (Å²) in [6, 6.07) is -0.235. The molecule has 1 amide bonds. The van der Waals surface area contributed by atoms with E-state index in [-0.39, 0.29) is 6.04 Å². The molecule has 0 saturated carbocycles. The minimum Gasteiger partial charge on any atom is -0.347 e. The van der Waals surface area contributed by atoms with Gasteiger partial charge in [-0.3, -0.25) is 9.48 Å². The Labute approximate surface area is 142 Å². The third kappa shape index (κ3) is 3.64. The summed E-state index contributed by atoms with van der Waals surface area (Å²) >= 11 is 0. The normalized spacial score (nSPS) is 18.5. The maximum absolute atomic E-state index is 12.6. The van der Waals surface area contributed by atoms with Crippen LogP contribution in [0.5, 0.6) is 0 Å². The number of nitrogens with zero attached hydrogens (tertiary/aromatic N) is 4. The fourth-order valence-electron chi connectivity index (χ4n) is 2.91. The Hall–Kier alpha value is -2.45. The van der Waals surface area contributed by atoms with Gasteiger partial charge in [-0.2, -0.15) is 18.3 Å². The van der Waals surface area contributed by atoms with E-state index in [4.69, 9.17) is 0 Å². The number of fused-ring (bicyclic) bond motifs is 1. The molecular formula is C16H18F3N5O. The third-order valence-corrected chi connectivity index (χ3v) is 4.29. The van der Waals surface area contributed by atoms with Crippen LogP contribution in [0.3, 0.4) is 0 Å². The molecule has 1 aliphatic carbocycles. The average molecular weight is 353 g/mol. The van der Waals surface area contributed by atoms with E-state index >= 15 is 0 Å². The van der Waals surface area contributed by atoms with Gasteiger partial charge in [0.25, 0.3) is 0 Å². The molecule has 9 heteroatoms. The zero-order chi connectivity index (χ0) is 18.2. The number of rotatable bonds is 3. The van der Waals surface area contributed by atoms with E-state index in [1.54, 1.807) is 13.1 Å².